The van der Waals surface area contributed by atoms with Crippen LogP contribution in [0.25, 0.3) is 0 Å². The van der Waals surface area contributed by atoms with Gasteiger partial charge in [0.05, 0.1) is 13.2 Å². The first-order valence-electron chi connectivity index (χ1n) is 8.28. The highest BCUT2D eigenvalue weighted by molar-refractivity contribution is 5.82. The van der Waals surface area contributed by atoms with Crippen molar-refractivity contribution < 1.29 is 13.9 Å². The van der Waals surface area contributed by atoms with Crippen LogP contribution >= 0.6 is 0 Å². The number of carbonyl (C=O) groups excluding carboxylic acids is 1. The van der Waals surface area contributed by atoms with E-state index in [0.717, 1.165) is 5.56 Å². The molecule has 0 bridgehead atoms. The minimum absolute atomic E-state index is 0.000627. The normalized spacial score (nSPS) is 13.2. The number of benzene rings is 1. The standard InChI is InChI=1S/C18H29FN4O2/c1-12(13-7-8-15(25-6)14(19)11-13)23-17(20-5)22-10-9-21-16(24)18(2,3)4/h7-8,11-12H,9-10H2,1-6H3,(H,21,24)(H2,20,22,23). The van der Waals surface area contributed by atoms with Gasteiger partial charge in [0.2, 0.25) is 5.91 Å². The molecule has 1 rings (SSSR count). The average Bonchev–Trinajstić information content (AvgIpc) is 2.56. The molecule has 0 aliphatic carbocycles. The zero-order valence-corrected chi connectivity index (χ0v) is 15.9. The van der Waals surface area contributed by atoms with Gasteiger partial charge in [-0.2, -0.15) is 0 Å². The van der Waals surface area contributed by atoms with E-state index in [1.54, 1.807) is 19.2 Å². The lowest BCUT2D eigenvalue weighted by molar-refractivity contribution is -0.128. The van der Waals surface area contributed by atoms with Crippen LogP contribution in [0.2, 0.25) is 0 Å². The molecule has 1 aromatic rings. The van der Waals surface area contributed by atoms with Gasteiger partial charge in [-0.25, -0.2) is 4.39 Å². The summed E-state index contributed by atoms with van der Waals surface area (Å²) in [5.74, 6) is 0.391. The monoisotopic (exact) mass is 352 g/mol. The van der Waals surface area contributed by atoms with E-state index in [1.807, 2.05) is 27.7 Å². The molecule has 3 N–H and O–H groups in total. The number of ether oxygens (including phenoxy) is 1. The van der Waals surface area contributed by atoms with E-state index in [9.17, 15) is 9.18 Å². The molecule has 0 aliphatic rings. The summed E-state index contributed by atoms with van der Waals surface area (Å²) in [6.45, 7) is 8.53. The maximum atomic E-state index is 13.8. The lowest BCUT2D eigenvalue weighted by atomic mass is 9.96. The summed E-state index contributed by atoms with van der Waals surface area (Å²) >= 11 is 0. The van der Waals surface area contributed by atoms with Crippen LogP contribution in [0.4, 0.5) is 4.39 Å². The number of nitrogens with one attached hydrogen (secondary N) is 3. The summed E-state index contributed by atoms with van der Waals surface area (Å²) in [6.07, 6.45) is 0. The van der Waals surface area contributed by atoms with Gasteiger partial charge in [-0.15, -0.1) is 0 Å². The van der Waals surface area contributed by atoms with Gasteiger partial charge in [0.15, 0.2) is 17.5 Å². The lowest BCUT2D eigenvalue weighted by Gasteiger charge is -2.20. The van der Waals surface area contributed by atoms with Crippen LogP contribution in [-0.4, -0.2) is 39.1 Å². The molecule has 6 nitrogen and oxygen atoms in total. The van der Waals surface area contributed by atoms with Crippen molar-refractivity contribution in [1.82, 2.24) is 16.0 Å². The van der Waals surface area contributed by atoms with E-state index in [0.29, 0.717) is 19.0 Å². The van der Waals surface area contributed by atoms with Crippen LogP contribution < -0.4 is 20.7 Å². The zero-order valence-electron chi connectivity index (χ0n) is 15.9. The molecule has 140 valence electrons. The Hall–Kier alpha value is -2.31. The molecule has 1 aromatic carbocycles. The van der Waals surface area contributed by atoms with Crippen molar-refractivity contribution in [2.24, 2.45) is 10.4 Å². The summed E-state index contributed by atoms with van der Waals surface area (Å²) in [4.78, 5) is 15.9. The molecule has 7 heteroatoms. The maximum absolute atomic E-state index is 13.8. The Kier molecular flexibility index (Phi) is 7.67. The van der Waals surface area contributed by atoms with Gasteiger partial charge < -0.3 is 20.7 Å². The molecule has 25 heavy (non-hydrogen) atoms. The highest BCUT2D eigenvalue weighted by atomic mass is 19.1. The smallest absolute Gasteiger partial charge is 0.225 e. The Bertz CT molecular complexity index is 612. The van der Waals surface area contributed by atoms with Crippen LogP contribution in [0, 0.1) is 11.2 Å². The fourth-order valence-corrected chi connectivity index (χ4v) is 2.06. The van der Waals surface area contributed by atoms with Crippen LogP contribution in [0.1, 0.15) is 39.3 Å². The van der Waals surface area contributed by atoms with Crippen molar-refractivity contribution in [3.8, 4) is 5.75 Å². The molecule has 0 saturated carbocycles. The van der Waals surface area contributed by atoms with E-state index in [1.165, 1.54) is 13.2 Å². The number of carbonyl (C=O) groups is 1. The number of nitrogens with zero attached hydrogens (tertiary/aromatic N) is 1. The average molecular weight is 352 g/mol. The SMILES string of the molecule is CN=C(NCCNC(=O)C(C)(C)C)NC(C)c1ccc(OC)c(F)c1. The number of methoxy groups -OCH3 is 1. The molecule has 0 fully saturated rings. The Balaban J connectivity index is 2.50. The van der Waals surface area contributed by atoms with Gasteiger partial charge in [-0.1, -0.05) is 26.8 Å². The van der Waals surface area contributed by atoms with Crippen molar-refractivity contribution in [2.45, 2.75) is 33.7 Å². The molecule has 1 atom stereocenters. The summed E-state index contributed by atoms with van der Waals surface area (Å²) in [5, 5.41) is 9.16. The predicted molar refractivity (Wildman–Crippen MR) is 98.3 cm³/mol. The first-order chi connectivity index (χ1) is 11.7. The minimum Gasteiger partial charge on any atom is -0.494 e. The van der Waals surface area contributed by atoms with Crippen molar-refractivity contribution in [1.29, 1.82) is 0 Å². The third-order valence-electron chi connectivity index (χ3n) is 3.64. The molecular weight excluding hydrogens is 323 g/mol. The fourth-order valence-electron chi connectivity index (χ4n) is 2.06. The Morgan fingerprint density at radius 2 is 1.92 bits per heavy atom. The number of rotatable bonds is 6. The molecule has 0 saturated heterocycles. The highest BCUT2D eigenvalue weighted by Crippen LogP contribution is 2.21. The van der Waals surface area contributed by atoms with Gasteiger partial charge in [-0.3, -0.25) is 9.79 Å². The van der Waals surface area contributed by atoms with Crippen LogP contribution in [0.15, 0.2) is 23.2 Å². The van der Waals surface area contributed by atoms with Crippen molar-refractivity contribution in [3.05, 3.63) is 29.6 Å². The second-order valence-electron chi connectivity index (χ2n) is 6.76. The van der Waals surface area contributed by atoms with E-state index < -0.39 is 11.2 Å². The second kappa shape index (κ2) is 9.25. The number of hydrogen-bond donors (Lipinski definition) is 3. The van der Waals surface area contributed by atoms with Crippen molar-refractivity contribution >= 4 is 11.9 Å². The quantitative estimate of drug-likeness (QED) is 0.417. The number of hydrogen-bond acceptors (Lipinski definition) is 3. The van der Waals surface area contributed by atoms with Gasteiger partial charge in [0, 0.05) is 25.6 Å². The number of guanidine groups is 1. The van der Waals surface area contributed by atoms with Crippen LogP contribution in [-0.2, 0) is 4.79 Å². The molecule has 0 aromatic heterocycles. The highest BCUT2D eigenvalue weighted by Gasteiger charge is 2.20. The predicted octanol–water partition coefficient (Wildman–Crippen LogP) is 2.22. The third-order valence-corrected chi connectivity index (χ3v) is 3.64. The molecule has 1 amide bonds. The summed E-state index contributed by atoms with van der Waals surface area (Å²) in [6, 6.07) is 4.70. The first-order valence-corrected chi connectivity index (χ1v) is 8.28. The summed E-state index contributed by atoms with van der Waals surface area (Å²) < 4.78 is 18.7. The van der Waals surface area contributed by atoms with Crippen molar-refractivity contribution in [2.75, 3.05) is 27.2 Å². The Morgan fingerprint density at radius 1 is 1.28 bits per heavy atom. The second-order valence-corrected chi connectivity index (χ2v) is 6.76. The molecule has 0 radical (unpaired) electrons. The Labute approximate surface area is 149 Å². The molecule has 1 unspecified atom stereocenters. The van der Waals surface area contributed by atoms with Gasteiger partial charge in [-0.05, 0) is 24.6 Å². The third kappa shape index (κ3) is 6.60. The molecule has 0 aliphatic heterocycles. The number of aliphatic imine (C=N–C) groups is 1. The van der Waals surface area contributed by atoms with Crippen LogP contribution in [0.5, 0.6) is 5.75 Å². The van der Waals surface area contributed by atoms with Gasteiger partial charge >= 0.3 is 0 Å². The number of halogens is 1. The van der Waals surface area contributed by atoms with E-state index in [4.69, 9.17) is 4.74 Å². The van der Waals surface area contributed by atoms with Gasteiger partial charge in [0.1, 0.15) is 0 Å². The van der Waals surface area contributed by atoms with E-state index in [-0.39, 0.29) is 17.7 Å². The summed E-state index contributed by atoms with van der Waals surface area (Å²) in [7, 11) is 3.09. The number of amides is 1. The largest absolute Gasteiger partial charge is 0.494 e. The van der Waals surface area contributed by atoms with E-state index in [2.05, 4.69) is 20.9 Å². The lowest BCUT2D eigenvalue weighted by Crippen LogP contribution is -2.44. The Morgan fingerprint density at radius 3 is 2.44 bits per heavy atom. The maximum Gasteiger partial charge on any atom is 0.225 e. The van der Waals surface area contributed by atoms with Crippen molar-refractivity contribution in [3.63, 3.8) is 0 Å². The van der Waals surface area contributed by atoms with Gasteiger partial charge in [0.25, 0.3) is 0 Å². The summed E-state index contributed by atoms with van der Waals surface area (Å²) in [5.41, 5.74) is 0.370. The minimum atomic E-state index is -0.410. The first kappa shape index (κ1) is 20.7. The van der Waals surface area contributed by atoms with E-state index >= 15 is 0 Å². The topological polar surface area (TPSA) is 74.8 Å². The van der Waals surface area contributed by atoms with Crippen LogP contribution in [0.3, 0.4) is 0 Å². The molecular formula is C18H29FN4O2. The fraction of sp³-hybridized carbons (Fsp3) is 0.556. The molecule has 0 spiro atoms. The zero-order chi connectivity index (χ0) is 19.0. The molecule has 0 heterocycles.